The molecule has 1 fully saturated rings. The zero-order valence-electron chi connectivity index (χ0n) is 13.6. The fourth-order valence-corrected chi connectivity index (χ4v) is 3.44. The van der Waals surface area contributed by atoms with E-state index in [-0.39, 0.29) is 5.91 Å². The molecule has 0 atom stereocenters. The highest BCUT2D eigenvalue weighted by Crippen LogP contribution is 2.20. The predicted octanol–water partition coefficient (Wildman–Crippen LogP) is 2.17. The molecule has 24 heavy (non-hydrogen) atoms. The number of para-hydroxylation sites is 2. The number of nitrogens with zero attached hydrogens (tertiary/aromatic N) is 5. The molecule has 6 heteroatoms. The molecule has 0 unspecified atom stereocenters. The average Bonchev–Trinajstić information content (AvgIpc) is 3.26. The van der Waals surface area contributed by atoms with Gasteiger partial charge in [-0.2, -0.15) is 0 Å². The molecule has 0 saturated carbocycles. The molecule has 124 valence electrons. The number of rotatable bonds is 4. The molecule has 0 radical (unpaired) electrons. The normalized spacial score (nSPS) is 15.9. The lowest BCUT2D eigenvalue weighted by Gasteiger charge is -2.32. The lowest BCUT2D eigenvalue weighted by molar-refractivity contribution is -0.133. The Morgan fingerprint density at radius 1 is 1.17 bits per heavy atom. The van der Waals surface area contributed by atoms with E-state index in [0.717, 1.165) is 43.5 Å². The van der Waals surface area contributed by atoms with E-state index in [9.17, 15) is 4.79 Å². The van der Waals surface area contributed by atoms with E-state index in [1.165, 1.54) is 0 Å². The third-order valence-corrected chi connectivity index (χ3v) is 4.83. The SMILES string of the molecule is O=C(Cn1cnc2ccccc21)N1CCC(Cn2ccnc2)CC1. The van der Waals surface area contributed by atoms with Crippen molar-refractivity contribution in [1.29, 1.82) is 0 Å². The minimum absolute atomic E-state index is 0.180. The van der Waals surface area contributed by atoms with Gasteiger partial charge in [-0.05, 0) is 30.9 Å². The molecule has 3 heterocycles. The van der Waals surface area contributed by atoms with Gasteiger partial charge in [0, 0.05) is 32.0 Å². The van der Waals surface area contributed by atoms with Crippen molar-refractivity contribution in [2.45, 2.75) is 25.9 Å². The molecule has 2 aromatic heterocycles. The number of piperidine rings is 1. The summed E-state index contributed by atoms with van der Waals surface area (Å²) < 4.78 is 4.06. The Morgan fingerprint density at radius 2 is 2.00 bits per heavy atom. The maximum absolute atomic E-state index is 12.6. The largest absolute Gasteiger partial charge is 0.341 e. The van der Waals surface area contributed by atoms with Crippen LogP contribution in [0.15, 0.2) is 49.3 Å². The topological polar surface area (TPSA) is 56.0 Å². The maximum Gasteiger partial charge on any atom is 0.242 e. The van der Waals surface area contributed by atoms with Crippen LogP contribution in [-0.2, 0) is 17.9 Å². The quantitative estimate of drug-likeness (QED) is 0.739. The van der Waals surface area contributed by atoms with Gasteiger partial charge in [0.25, 0.3) is 0 Å². The van der Waals surface area contributed by atoms with Gasteiger partial charge in [0.1, 0.15) is 6.54 Å². The van der Waals surface area contributed by atoms with Gasteiger partial charge in [0.15, 0.2) is 0 Å². The van der Waals surface area contributed by atoms with Gasteiger partial charge in [-0.3, -0.25) is 4.79 Å². The summed E-state index contributed by atoms with van der Waals surface area (Å²) in [7, 11) is 0. The molecule has 0 aliphatic carbocycles. The summed E-state index contributed by atoms with van der Waals surface area (Å²) in [5.74, 6) is 0.802. The van der Waals surface area contributed by atoms with Gasteiger partial charge in [-0.25, -0.2) is 9.97 Å². The Balaban J connectivity index is 1.34. The number of fused-ring (bicyclic) bond motifs is 1. The second-order valence-corrected chi connectivity index (χ2v) is 6.44. The summed E-state index contributed by atoms with van der Waals surface area (Å²) in [6.45, 7) is 3.04. The van der Waals surface area contributed by atoms with Gasteiger partial charge in [0.05, 0.1) is 23.7 Å². The lowest BCUT2D eigenvalue weighted by atomic mass is 9.96. The second kappa shape index (κ2) is 6.47. The molecule has 1 aliphatic rings. The highest BCUT2D eigenvalue weighted by Gasteiger charge is 2.23. The first-order valence-corrected chi connectivity index (χ1v) is 8.43. The maximum atomic E-state index is 12.6. The monoisotopic (exact) mass is 323 g/mol. The first-order chi connectivity index (χ1) is 11.8. The van der Waals surface area contributed by atoms with Crippen molar-refractivity contribution in [3.63, 3.8) is 0 Å². The van der Waals surface area contributed by atoms with Crippen LogP contribution in [0.2, 0.25) is 0 Å². The molecule has 1 aromatic carbocycles. The predicted molar refractivity (Wildman–Crippen MR) is 91.3 cm³/mol. The number of aromatic nitrogens is 4. The Labute approximate surface area is 140 Å². The number of imidazole rings is 2. The fourth-order valence-electron chi connectivity index (χ4n) is 3.44. The molecule has 1 saturated heterocycles. The molecule has 4 rings (SSSR count). The van der Waals surface area contributed by atoms with E-state index < -0.39 is 0 Å². The number of hydrogen-bond acceptors (Lipinski definition) is 3. The summed E-state index contributed by atoms with van der Waals surface area (Å²) in [6, 6.07) is 7.92. The van der Waals surface area contributed by atoms with E-state index in [4.69, 9.17) is 0 Å². The summed E-state index contributed by atoms with van der Waals surface area (Å²) in [5, 5.41) is 0. The summed E-state index contributed by atoms with van der Waals surface area (Å²) in [5.41, 5.74) is 1.95. The van der Waals surface area contributed by atoms with Crippen molar-refractivity contribution >= 4 is 16.9 Å². The fraction of sp³-hybridized carbons (Fsp3) is 0.389. The molecule has 0 spiro atoms. The van der Waals surface area contributed by atoms with Crippen LogP contribution in [0.1, 0.15) is 12.8 Å². The number of amides is 1. The third kappa shape index (κ3) is 3.04. The molecule has 3 aromatic rings. The van der Waals surface area contributed by atoms with Gasteiger partial charge in [-0.1, -0.05) is 12.1 Å². The van der Waals surface area contributed by atoms with Crippen LogP contribution < -0.4 is 0 Å². The second-order valence-electron chi connectivity index (χ2n) is 6.44. The van der Waals surface area contributed by atoms with E-state index in [1.54, 1.807) is 6.33 Å². The number of hydrogen-bond donors (Lipinski definition) is 0. The summed E-state index contributed by atoms with van der Waals surface area (Å²) in [6.07, 6.45) is 9.54. The molecule has 1 aliphatic heterocycles. The van der Waals surface area contributed by atoms with Crippen molar-refractivity contribution in [2.75, 3.05) is 13.1 Å². The Bertz CT molecular complexity index is 815. The smallest absolute Gasteiger partial charge is 0.242 e. The summed E-state index contributed by atoms with van der Waals surface area (Å²) in [4.78, 5) is 23.0. The molecular formula is C18H21N5O. The number of carbonyl (C=O) groups excluding carboxylic acids is 1. The molecular weight excluding hydrogens is 302 g/mol. The molecule has 6 nitrogen and oxygen atoms in total. The van der Waals surface area contributed by atoms with Crippen molar-refractivity contribution < 1.29 is 4.79 Å². The standard InChI is InChI=1S/C18H21N5O/c24-18(12-23-14-20-16-3-1-2-4-17(16)23)22-8-5-15(6-9-22)11-21-10-7-19-13-21/h1-4,7,10,13-15H,5-6,8-9,11-12H2. The first-order valence-electron chi connectivity index (χ1n) is 8.43. The molecule has 0 bridgehead atoms. The highest BCUT2D eigenvalue weighted by atomic mass is 16.2. The Hall–Kier alpha value is -2.63. The van der Waals surface area contributed by atoms with Gasteiger partial charge in [0.2, 0.25) is 5.91 Å². The Kier molecular flexibility index (Phi) is 4.02. The first kappa shape index (κ1) is 14.9. The zero-order chi connectivity index (χ0) is 16.4. The van der Waals surface area contributed by atoms with Crippen LogP contribution in [0.3, 0.4) is 0 Å². The van der Waals surface area contributed by atoms with Gasteiger partial charge < -0.3 is 14.0 Å². The number of benzene rings is 1. The van der Waals surface area contributed by atoms with E-state index >= 15 is 0 Å². The average molecular weight is 323 g/mol. The van der Waals surface area contributed by atoms with Gasteiger partial charge >= 0.3 is 0 Å². The number of carbonyl (C=O) groups is 1. The minimum Gasteiger partial charge on any atom is -0.341 e. The third-order valence-electron chi connectivity index (χ3n) is 4.83. The zero-order valence-corrected chi connectivity index (χ0v) is 13.6. The van der Waals surface area contributed by atoms with Crippen LogP contribution >= 0.6 is 0 Å². The van der Waals surface area contributed by atoms with E-state index in [0.29, 0.717) is 12.5 Å². The van der Waals surface area contributed by atoms with Crippen molar-refractivity contribution in [3.8, 4) is 0 Å². The summed E-state index contributed by atoms with van der Waals surface area (Å²) >= 11 is 0. The van der Waals surface area contributed by atoms with Crippen LogP contribution in [0, 0.1) is 5.92 Å². The van der Waals surface area contributed by atoms with Crippen molar-refractivity contribution in [1.82, 2.24) is 24.0 Å². The van der Waals surface area contributed by atoms with Crippen LogP contribution in [0.5, 0.6) is 0 Å². The van der Waals surface area contributed by atoms with Crippen LogP contribution in [0.25, 0.3) is 11.0 Å². The lowest BCUT2D eigenvalue weighted by Crippen LogP contribution is -2.40. The van der Waals surface area contributed by atoms with Gasteiger partial charge in [-0.15, -0.1) is 0 Å². The van der Waals surface area contributed by atoms with Crippen molar-refractivity contribution in [3.05, 3.63) is 49.3 Å². The number of likely N-dealkylation sites (tertiary alicyclic amines) is 1. The van der Waals surface area contributed by atoms with E-state index in [1.807, 2.05) is 52.5 Å². The van der Waals surface area contributed by atoms with Crippen LogP contribution in [-0.4, -0.2) is 43.0 Å². The Morgan fingerprint density at radius 3 is 2.79 bits per heavy atom. The minimum atomic E-state index is 0.180. The van der Waals surface area contributed by atoms with E-state index in [2.05, 4.69) is 14.5 Å². The molecule has 0 N–H and O–H groups in total. The van der Waals surface area contributed by atoms with Crippen LogP contribution in [0.4, 0.5) is 0 Å². The molecule has 1 amide bonds. The highest BCUT2D eigenvalue weighted by molar-refractivity contribution is 5.80. The van der Waals surface area contributed by atoms with Crippen molar-refractivity contribution in [2.24, 2.45) is 5.92 Å².